The average molecular weight is 373 g/mol. The van der Waals surface area contributed by atoms with Gasteiger partial charge in [0.15, 0.2) is 0 Å². The molecular weight excluding hydrogens is 365 g/mol. The van der Waals surface area contributed by atoms with Crippen molar-refractivity contribution in [3.05, 3.63) is 62.8 Å². The number of amides is 1. The van der Waals surface area contributed by atoms with Gasteiger partial charge in [-0.05, 0) is 36.4 Å². The monoisotopic (exact) mass is 371 g/mol. The van der Waals surface area contributed by atoms with Crippen LogP contribution in [0.15, 0.2) is 40.9 Å². The highest BCUT2D eigenvalue weighted by Crippen LogP contribution is 2.22. The van der Waals surface area contributed by atoms with Crippen molar-refractivity contribution in [2.45, 2.75) is 0 Å². The second-order valence-corrected chi connectivity index (χ2v) is 5.46. The molecule has 0 radical (unpaired) electrons. The molecule has 0 aliphatic rings. The molecule has 7 heteroatoms. The van der Waals surface area contributed by atoms with Gasteiger partial charge < -0.3 is 10.4 Å². The quantitative estimate of drug-likeness (QED) is 0.849. The molecule has 4 nitrogen and oxygen atoms in total. The number of carboxylic acids is 1. The van der Waals surface area contributed by atoms with Gasteiger partial charge in [0, 0.05) is 15.1 Å². The maximum atomic E-state index is 13.3. The lowest BCUT2D eigenvalue weighted by atomic mass is 10.1. The fourth-order valence-corrected chi connectivity index (χ4v) is 2.32. The molecule has 0 atom stereocenters. The lowest BCUT2D eigenvalue weighted by Gasteiger charge is -2.09. The molecule has 108 valence electrons. The third kappa shape index (κ3) is 3.80. The number of aromatic carboxylic acids is 1. The molecule has 0 fully saturated rings. The van der Waals surface area contributed by atoms with E-state index in [9.17, 15) is 14.0 Å². The predicted octanol–water partition coefficient (Wildman–Crippen LogP) is 4.19. The summed E-state index contributed by atoms with van der Waals surface area (Å²) < 4.78 is 13.7. The third-order valence-electron chi connectivity index (χ3n) is 2.58. The van der Waals surface area contributed by atoms with Crippen molar-refractivity contribution < 1.29 is 19.1 Å². The van der Waals surface area contributed by atoms with Crippen LogP contribution in [-0.2, 0) is 0 Å². The van der Waals surface area contributed by atoms with Gasteiger partial charge in [-0.3, -0.25) is 4.79 Å². The Kier molecular flexibility index (Phi) is 4.59. The number of hydrogen-bond donors (Lipinski definition) is 2. The summed E-state index contributed by atoms with van der Waals surface area (Å²) >= 11 is 8.81. The van der Waals surface area contributed by atoms with Crippen LogP contribution in [0.5, 0.6) is 0 Å². The van der Waals surface area contributed by atoms with Gasteiger partial charge in [-0.15, -0.1) is 0 Å². The van der Waals surface area contributed by atoms with Gasteiger partial charge in [-0.1, -0.05) is 27.5 Å². The van der Waals surface area contributed by atoms with E-state index in [4.69, 9.17) is 16.7 Å². The van der Waals surface area contributed by atoms with Crippen LogP contribution >= 0.6 is 27.5 Å². The standard InChI is InChI=1S/C14H8BrClFNO3/c15-8-3-7(4-10(17)5-8)13(19)18-12-2-1-9(16)6-11(12)14(20)21/h1-6H,(H,18,19)(H,20,21). The molecule has 2 aromatic carbocycles. The van der Waals surface area contributed by atoms with Crippen LogP contribution in [0, 0.1) is 5.82 Å². The maximum Gasteiger partial charge on any atom is 0.337 e. The van der Waals surface area contributed by atoms with Crippen molar-refractivity contribution in [2.75, 3.05) is 5.32 Å². The fraction of sp³-hybridized carbons (Fsp3) is 0. The highest BCUT2D eigenvalue weighted by molar-refractivity contribution is 9.10. The van der Waals surface area contributed by atoms with E-state index >= 15 is 0 Å². The van der Waals surface area contributed by atoms with E-state index < -0.39 is 17.7 Å². The van der Waals surface area contributed by atoms with E-state index in [1.807, 2.05) is 0 Å². The van der Waals surface area contributed by atoms with Gasteiger partial charge in [0.25, 0.3) is 5.91 Å². The largest absolute Gasteiger partial charge is 0.478 e. The Morgan fingerprint density at radius 3 is 2.52 bits per heavy atom. The summed E-state index contributed by atoms with van der Waals surface area (Å²) in [4.78, 5) is 23.2. The minimum Gasteiger partial charge on any atom is -0.478 e. The zero-order valence-corrected chi connectivity index (χ0v) is 12.7. The van der Waals surface area contributed by atoms with Gasteiger partial charge in [-0.2, -0.15) is 0 Å². The minimum absolute atomic E-state index is 0.0631. The molecule has 0 saturated carbocycles. The topological polar surface area (TPSA) is 66.4 Å². The van der Waals surface area contributed by atoms with E-state index in [1.54, 1.807) is 0 Å². The molecule has 2 aromatic rings. The Morgan fingerprint density at radius 2 is 1.90 bits per heavy atom. The molecule has 0 saturated heterocycles. The van der Waals surface area contributed by atoms with E-state index in [2.05, 4.69) is 21.2 Å². The summed E-state index contributed by atoms with van der Waals surface area (Å²) in [5, 5.41) is 11.7. The predicted molar refractivity (Wildman–Crippen MR) is 80.5 cm³/mol. The summed E-state index contributed by atoms with van der Waals surface area (Å²) in [5.74, 6) is -2.43. The second kappa shape index (κ2) is 6.24. The molecule has 0 bridgehead atoms. The zero-order valence-electron chi connectivity index (χ0n) is 10.4. The molecule has 0 aliphatic heterocycles. The normalized spacial score (nSPS) is 10.2. The molecule has 1 amide bonds. The smallest absolute Gasteiger partial charge is 0.337 e. The van der Waals surface area contributed by atoms with Crippen molar-refractivity contribution in [3.63, 3.8) is 0 Å². The van der Waals surface area contributed by atoms with E-state index in [-0.39, 0.29) is 21.8 Å². The van der Waals surface area contributed by atoms with Crippen LogP contribution in [0.4, 0.5) is 10.1 Å². The lowest BCUT2D eigenvalue weighted by molar-refractivity contribution is 0.0698. The molecule has 0 unspecified atom stereocenters. The van der Waals surface area contributed by atoms with Crippen molar-refractivity contribution in [1.82, 2.24) is 0 Å². The SMILES string of the molecule is O=C(Nc1ccc(Cl)cc1C(=O)O)c1cc(F)cc(Br)c1. The average Bonchev–Trinajstić information content (AvgIpc) is 2.39. The van der Waals surface area contributed by atoms with Crippen LogP contribution < -0.4 is 5.32 Å². The second-order valence-electron chi connectivity index (χ2n) is 4.11. The molecule has 0 spiro atoms. The summed E-state index contributed by atoms with van der Waals surface area (Å²) in [7, 11) is 0. The summed E-state index contributed by atoms with van der Waals surface area (Å²) in [6.07, 6.45) is 0. The molecule has 0 heterocycles. The number of hydrogen-bond acceptors (Lipinski definition) is 2. The number of halogens is 3. The van der Waals surface area contributed by atoms with Crippen LogP contribution in [0.25, 0.3) is 0 Å². The number of carboxylic acid groups (broad SMARTS) is 1. The first-order chi connectivity index (χ1) is 9.86. The number of anilines is 1. The number of benzene rings is 2. The summed E-state index contributed by atoms with van der Waals surface area (Å²) in [5.41, 5.74) is -0.00299. The Hall–Kier alpha value is -1.92. The number of carbonyl (C=O) groups excluding carboxylic acids is 1. The first kappa shape index (κ1) is 15.5. The Balaban J connectivity index is 2.33. The maximum absolute atomic E-state index is 13.3. The van der Waals surface area contributed by atoms with Crippen molar-refractivity contribution in [3.8, 4) is 0 Å². The van der Waals surface area contributed by atoms with Gasteiger partial charge in [-0.25, -0.2) is 9.18 Å². The van der Waals surface area contributed by atoms with Crippen LogP contribution in [0.1, 0.15) is 20.7 Å². The molecule has 0 aromatic heterocycles. The van der Waals surface area contributed by atoms with Crippen LogP contribution in [0.2, 0.25) is 5.02 Å². The first-order valence-electron chi connectivity index (χ1n) is 5.67. The molecule has 21 heavy (non-hydrogen) atoms. The molecule has 2 rings (SSSR count). The van der Waals surface area contributed by atoms with Gasteiger partial charge in [0.05, 0.1) is 11.3 Å². The van der Waals surface area contributed by atoms with E-state index in [0.717, 1.165) is 6.07 Å². The van der Waals surface area contributed by atoms with E-state index in [0.29, 0.717) is 4.47 Å². The first-order valence-corrected chi connectivity index (χ1v) is 6.84. The van der Waals surface area contributed by atoms with Gasteiger partial charge in [0.1, 0.15) is 5.82 Å². The van der Waals surface area contributed by atoms with Crippen molar-refractivity contribution in [2.24, 2.45) is 0 Å². The Bertz CT molecular complexity index is 716. The molecular formula is C14H8BrClFNO3. The summed E-state index contributed by atoms with van der Waals surface area (Å²) in [6.45, 7) is 0. The Labute approximate surface area is 132 Å². The van der Waals surface area contributed by atoms with E-state index in [1.165, 1.54) is 30.3 Å². The third-order valence-corrected chi connectivity index (χ3v) is 3.28. The lowest BCUT2D eigenvalue weighted by Crippen LogP contribution is -2.15. The van der Waals surface area contributed by atoms with Crippen LogP contribution in [-0.4, -0.2) is 17.0 Å². The summed E-state index contributed by atoms with van der Waals surface area (Å²) in [6, 6.07) is 7.73. The number of nitrogens with one attached hydrogen (secondary N) is 1. The number of carbonyl (C=O) groups is 2. The van der Waals surface area contributed by atoms with Crippen LogP contribution in [0.3, 0.4) is 0 Å². The molecule has 2 N–H and O–H groups in total. The zero-order chi connectivity index (χ0) is 15.6. The highest BCUT2D eigenvalue weighted by atomic mass is 79.9. The number of rotatable bonds is 3. The highest BCUT2D eigenvalue weighted by Gasteiger charge is 2.15. The fourth-order valence-electron chi connectivity index (χ4n) is 1.68. The minimum atomic E-state index is -1.23. The van der Waals surface area contributed by atoms with Crippen molar-refractivity contribution in [1.29, 1.82) is 0 Å². The molecule has 0 aliphatic carbocycles. The Morgan fingerprint density at radius 1 is 1.19 bits per heavy atom. The van der Waals surface area contributed by atoms with Gasteiger partial charge >= 0.3 is 5.97 Å². The van der Waals surface area contributed by atoms with Crippen molar-refractivity contribution >= 4 is 45.1 Å². The van der Waals surface area contributed by atoms with Gasteiger partial charge in [0.2, 0.25) is 0 Å².